The van der Waals surface area contributed by atoms with Crippen LogP contribution in [0.5, 0.6) is 0 Å². The largest absolute Gasteiger partial charge is 0.477 e. The minimum Gasteiger partial charge on any atom is -0.477 e. The van der Waals surface area contributed by atoms with Gasteiger partial charge in [0.25, 0.3) is 0 Å². The van der Waals surface area contributed by atoms with Crippen molar-refractivity contribution in [3.63, 3.8) is 0 Å². The quantitative estimate of drug-likeness (QED) is 0.920. The fraction of sp³-hybridized carbons (Fsp3) is 0.714. The lowest BCUT2D eigenvalue weighted by Crippen LogP contribution is -2.23. The topological polar surface area (TPSA) is 53.4 Å². The summed E-state index contributed by atoms with van der Waals surface area (Å²) in [5, 5.41) is 10.2. The van der Waals surface area contributed by atoms with Crippen molar-refractivity contribution in [2.45, 2.75) is 46.0 Å². The third kappa shape index (κ3) is 3.26. The standard InChI is InChI=1S/C14H22N2O2S/c1-9(2)11-12(13(17)18)19-14(15-11)16-7-4-5-10(3)6-8-16/h9-10H,4-8H2,1-3H3,(H,17,18). The van der Waals surface area contributed by atoms with Gasteiger partial charge in [0.05, 0.1) is 5.69 Å². The molecule has 0 amide bonds. The Morgan fingerprint density at radius 1 is 1.42 bits per heavy atom. The molecule has 106 valence electrons. The van der Waals surface area contributed by atoms with Gasteiger partial charge in [0, 0.05) is 13.1 Å². The highest BCUT2D eigenvalue weighted by Crippen LogP contribution is 2.32. The number of thiazole rings is 1. The van der Waals surface area contributed by atoms with E-state index in [0.717, 1.165) is 29.8 Å². The summed E-state index contributed by atoms with van der Waals surface area (Å²) in [4.78, 5) is 18.5. The van der Waals surface area contributed by atoms with E-state index in [1.54, 1.807) is 0 Å². The second-order valence-corrected chi connectivity index (χ2v) is 6.67. The van der Waals surface area contributed by atoms with Gasteiger partial charge in [-0.1, -0.05) is 32.1 Å². The molecule has 0 aromatic carbocycles. The Bertz CT molecular complexity index is 456. The SMILES string of the molecule is CC1CCCN(c2nc(C(C)C)c(C(=O)O)s2)CC1. The zero-order valence-electron chi connectivity index (χ0n) is 11.8. The molecule has 1 fully saturated rings. The van der Waals surface area contributed by atoms with Crippen LogP contribution in [0.1, 0.15) is 61.3 Å². The number of carboxylic acid groups (broad SMARTS) is 1. The molecule has 2 heterocycles. The Morgan fingerprint density at radius 2 is 2.16 bits per heavy atom. The van der Waals surface area contributed by atoms with Gasteiger partial charge in [-0.15, -0.1) is 0 Å². The summed E-state index contributed by atoms with van der Waals surface area (Å²) in [6.45, 7) is 8.26. The average Bonchev–Trinajstić information content (AvgIpc) is 2.68. The number of carbonyl (C=O) groups is 1. The summed E-state index contributed by atoms with van der Waals surface area (Å²) in [7, 11) is 0. The molecule has 5 heteroatoms. The molecule has 1 saturated heterocycles. The van der Waals surface area contributed by atoms with E-state index in [9.17, 15) is 9.90 Å². The van der Waals surface area contributed by atoms with Crippen molar-refractivity contribution in [1.82, 2.24) is 4.98 Å². The second kappa shape index (κ2) is 5.90. The van der Waals surface area contributed by atoms with Gasteiger partial charge in [0.2, 0.25) is 0 Å². The molecule has 0 radical (unpaired) electrons. The first kappa shape index (κ1) is 14.3. The van der Waals surface area contributed by atoms with E-state index in [2.05, 4.69) is 16.8 Å². The van der Waals surface area contributed by atoms with Crippen molar-refractivity contribution >= 4 is 22.4 Å². The number of aromatic nitrogens is 1. The predicted molar refractivity (Wildman–Crippen MR) is 78.4 cm³/mol. The van der Waals surface area contributed by atoms with Crippen molar-refractivity contribution in [3.05, 3.63) is 10.6 Å². The van der Waals surface area contributed by atoms with Crippen molar-refractivity contribution in [2.75, 3.05) is 18.0 Å². The molecule has 0 bridgehead atoms. The lowest BCUT2D eigenvalue weighted by atomic mass is 10.0. The summed E-state index contributed by atoms with van der Waals surface area (Å²) in [6, 6.07) is 0. The molecule has 0 aliphatic carbocycles. The Labute approximate surface area is 118 Å². The van der Waals surface area contributed by atoms with Gasteiger partial charge in [0.15, 0.2) is 5.13 Å². The third-order valence-electron chi connectivity index (χ3n) is 3.67. The number of hydrogen-bond donors (Lipinski definition) is 1. The van der Waals surface area contributed by atoms with Crippen molar-refractivity contribution < 1.29 is 9.90 Å². The number of rotatable bonds is 3. The zero-order chi connectivity index (χ0) is 14.0. The summed E-state index contributed by atoms with van der Waals surface area (Å²) < 4.78 is 0. The van der Waals surface area contributed by atoms with E-state index in [1.807, 2.05) is 13.8 Å². The van der Waals surface area contributed by atoms with Crippen LogP contribution in [0.25, 0.3) is 0 Å². The van der Waals surface area contributed by atoms with Crippen molar-refractivity contribution in [3.8, 4) is 0 Å². The van der Waals surface area contributed by atoms with Gasteiger partial charge < -0.3 is 10.0 Å². The fourth-order valence-corrected chi connectivity index (χ4v) is 3.57. The first-order valence-electron chi connectivity index (χ1n) is 6.98. The monoisotopic (exact) mass is 282 g/mol. The number of aromatic carboxylic acids is 1. The van der Waals surface area contributed by atoms with Gasteiger partial charge in [-0.25, -0.2) is 9.78 Å². The Hall–Kier alpha value is -1.10. The summed E-state index contributed by atoms with van der Waals surface area (Å²) in [5.41, 5.74) is 0.727. The molecule has 0 spiro atoms. The molecule has 2 rings (SSSR count). The lowest BCUT2D eigenvalue weighted by Gasteiger charge is -2.18. The molecule has 1 aromatic rings. The van der Waals surface area contributed by atoms with Gasteiger partial charge in [0.1, 0.15) is 4.88 Å². The molecule has 0 saturated carbocycles. The summed E-state index contributed by atoms with van der Waals surface area (Å²) in [5.74, 6) is 0.0612. The fourth-order valence-electron chi connectivity index (χ4n) is 2.45. The third-order valence-corrected chi connectivity index (χ3v) is 4.79. The lowest BCUT2D eigenvalue weighted by molar-refractivity contribution is 0.0700. The molecule has 19 heavy (non-hydrogen) atoms. The Morgan fingerprint density at radius 3 is 2.74 bits per heavy atom. The predicted octanol–water partition coefficient (Wildman–Crippen LogP) is 3.59. The molecule has 1 atom stereocenters. The Kier molecular flexibility index (Phi) is 4.45. The van der Waals surface area contributed by atoms with E-state index in [1.165, 1.54) is 30.6 Å². The van der Waals surface area contributed by atoms with Crippen LogP contribution in [0.4, 0.5) is 5.13 Å². The highest BCUT2D eigenvalue weighted by atomic mass is 32.1. The number of anilines is 1. The highest BCUT2D eigenvalue weighted by molar-refractivity contribution is 7.17. The molecular weight excluding hydrogens is 260 g/mol. The first-order chi connectivity index (χ1) is 8.99. The maximum absolute atomic E-state index is 11.3. The molecule has 1 unspecified atom stereocenters. The molecule has 4 nitrogen and oxygen atoms in total. The van der Waals surface area contributed by atoms with E-state index < -0.39 is 5.97 Å². The van der Waals surface area contributed by atoms with Crippen LogP contribution in [-0.4, -0.2) is 29.1 Å². The second-order valence-electron chi connectivity index (χ2n) is 5.69. The van der Waals surface area contributed by atoms with E-state index >= 15 is 0 Å². The smallest absolute Gasteiger partial charge is 0.347 e. The Balaban J connectivity index is 2.24. The van der Waals surface area contributed by atoms with Crippen molar-refractivity contribution in [1.29, 1.82) is 0 Å². The molecular formula is C14H22N2O2S. The van der Waals surface area contributed by atoms with E-state index in [0.29, 0.717) is 4.88 Å². The van der Waals surface area contributed by atoms with Crippen LogP contribution < -0.4 is 4.90 Å². The van der Waals surface area contributed by atoms with Gasteiger partial charge >= 0.3 is 5.97 Å². The number of nitrogens with zero attached hydrogens (tertiary/aromatic N) is 2. The van der Waals surface area contributed by atoms with Crippen LogP contribution >= 0.6 is 11.3 Å². The zero-order valence-corrected chi connectivity index (χ0v) is 12.7. The average molecular weight is 282 g/mol. The minimum atomic E-state index is -0.851. The maximum atomic E-state index is 11.3. The summed E-state index contributed by atoms with van der Waals surface area (Å²) in [6.07, 6.45) is 3.59. The minimum absolute atomic E-state index is 0.155. The molecule has 1 aliphatic heterocycles. The summed E-state index contributed by atoms with van der Waals surface area (Å²) >= 11 is 1.33. The van der Waals surface area contributed by atoms with Crippen LogP contribution in [0.15, 0.2) is 0 Å². The van der Waals surface area contributed by atoms with E-state index in [4.69, 9.17) is 0 Å². The number of hydrogen-bond acceptors (Lipinski definition) is 4. The highest BCUT2D eigenvalue weighted by Gasteiger charge is 2.23. The molecule has 1 N–H and O–H groups in total. The van der Waals surface area contributed by atoms with Crippen LogP contribution in [0.2, 0.25) is 0 Å². The molecule has 1 aromatic heterocycles. The maximum Gasteiger partial charge on any atom is 0.347 e. The van der Waals surface area contributed by atoms with Gasteiger partial charge in [-0.3, -0.25) is 0 Å². The van der Waals surface area contributed by atoms with Crippen LogP contribution in [-0.2, 0) is 0 Å². The van der Waals surface area contributed by atoms with Crippen LogP contribution in [0, 0.1) is 5.92 Å². The first-order valence-corrected chi connectivity index (χ1v) is 7.79. The number of carboxylic acids is 1. The van der Waals surface area contributed by atoms with Crippen molar-refractivity contribution in [2.24, 2.45) is 5.92 Å². The van der Waals surface area contributed by atoms with Gasteiger partial charge in [-0.2, -0.15) is 0 Å². The van der Waals surface area contributed by atoms with Gasteiger partial charge in [-0.05, 0) is 31.1 Å². The molecule has 1 aliphatic rings. The van der Waals surface area contributed by atoms with E-state index in [-0.39, 0.29) is 5.92 Å². The normalized spacial score (nSPS) is 20.6. The van der Waals surface area contributed by atoms with Crippen LogP contribution in [0.3, 0.4) is 0 Å².